The fourth-order valence-corrected chi connectivity index (χ4v) is 5.26. The normalized spacial score (nSPS) is 14.2. The fraction of sp³-hybridized carbons (Fsp3) is 0.125. The molecule has 1 aliphatic rings. The minimum Gasteiger partial charge on any atom is -0.481 e. The number of nitrogens with one attached hydrogen (secondary N) is 3. The van der Waals surface area contributed by atoms with Gasteiger partial charge in [0, 0.05) is 42.0 Å². The first-order chi connectivity index (χ1) is 19.9. The molecule has 0 fully saturated rings. The zero-order chi connectivity index (χ0) is 28.5. The highest BCUT2D eigenvalue weighted by Crippen LogP contribution is 2.40. The predicted molar refractivity (Wildman–Crippen MR) is 157 cm³/mol. The van der Waals surface area contributed by atoms with Gasteiger partial charge in [0.15, 0.2) is 0 Å². The van der Waals surface area contributed by atoms with E-state index in [2.05, 4.69) is 20.6 Å². The first kappa shape index (κ1) is 25.8. The minimum absolute atomic E-state index is 0.169. The van der Waals surface area contributed by atoms with E-state index in [1.165, 1.54) is 4.90 Å². The molecule has 41 heavy (non-hydrogen) atoms. The van der Waals surface area contributed by atoms with Gasteiger partial charge in [-0.2, -0.15) is 0 Å². The van der Waals surface area contributed by atoms with Crippen molar-refractivity contribution in [3.05, 3.63) is 119 Å². The minimum atomic E-state index is -0.964. The number of hydrogen-bond donors (Lipinski definition) is 4. The summed E-state index contributed by atoms with van der Waals surface area (Å²) in [5.74, 6) is -1.38. The summed E-state index contributed by atoms with van der Waals surface area (Å²) >= 11 is 0. The van der Waals surface area contributed by atoms with Crippen LogP contribution in [-0.4, -0.2) is 39.9 Å². The second kappa shape index (κ2) is 10.6. The molecule has 0 saturated heterocycles. The summed E-state index contributed by atoms with van der Waals surface area (Å²) in [4.78, 5) is 47.4. The summed E-state index contributed by atoms with van der Waals surface area (Å²) in [5, 5.41) is 15.8. The van der Waals surface area contributed by atoms with Crippen LogP contribution in [0.15, 0.2) is 91.0 Å². The molecule has 9 nitrogen and oxygen atoms in total. The Bertz CT molecular complexity index is 1760. The van der Waals surface area contributed by atoms with Crippen molar-refractivity contribution in [2.45, 2.75) is 18.9 Å². The third-order valence-electron chi connectivity index (χ3n) is 7.34. The van der Waals surface area contributed by atoms with Crippen molar-refractivity contribution in [1.82, 2.24) is 15.3 Å². The van der Waals surface area contributed by atoms with Crippen molar-refractivity contribution >= 4 is 46.1 Å². The van der Waals surface area contributed by atoms with Crippen LogP contribution in [0.5, 0.6) is 0 Å². The molecule has 1 aromatic heterocycles. The number of carboxylic acids is 1. The SMILES string of the molecule is CN1C(=O)c2ccccc2C(CC(=O)O)c2ccc(C(=O)NCc3ccc(Nc4nc5ccccc5[nH]4)cc3)cc21. The molecule has 9 heteroatoms. The number of anilines is 3. The Morgan fingerprint density at radius 2 is 1.71 bits per heavy atom. The maximum absolute atomic E-state index is 13.3. The van der Waals surface area contributed by atoms with Crippen LogP contribution in [-0.2, 0) is 11.3 Å². The number of benzene rings is 4. The molecule has 6 rings (SSSR count). The van der Waals surface area contributed by atoms with Crippen LogP contribution in [0.4, 0.5) is 17.3 Å². The summed E-state index contributed by atoms with van der Waals surface area (Å²) in [6.07, 6.45) is -0.169. The lowest BCUT2D eigenvalue weighted by molar-refractivity contribution is -0.137. The molecule has 2 amide bonds. The molecule has 0 radical (unpaired) electrons. The molecule has 204 valence electrons. The fourth-order valence-electron chi connectivity index (χ4n) is 5.26. The van der Waals surface area contributed by atoms with Gasteiger partial charge in [0.25, 0.3) is 11.8 Å². The highest BCUT2D eigenvalue weighted by Gasteiger charge is 2.32. The zero-order valence-electron chi connectivity index (χ0n) is 22.2. The Kier molecular flexibility index (Phi) is 6.68. The highest BCUT2D eigenvalue weighted by molar-refractivity contribution is 6.09. The number of hydrogen-bond acceptors (Lipinski definition) is 5. The van der Waals surface area contributed by atoms with Gasteiger partial charge in [-0.05, 0) is 59.2 Å². The number of aliphatic carboxylic acids is 1. The van der Waals surface area contributed by atoms with Crippen LogP contribution >= 0.6 is 0 Å². The number of aromatic amines is 1. The van der Waals surface area contributed by atoms with Crippen molar-refractivity contribution < 1.29 is 19.5 Å². The highest BCUT2D eigenvalue weighted by atomic mass is 16.4. The quantitative estimate of drug-likeness (QED) is 0.216. The topological polar surface area (TPSA) is 127 Å². The van der Waals surface area contributed by atoms with Crippen LogP contribution in [0.3, 0.4) is 0 Å². The van der Waals surface area contributed by atoms with Crippen molar-refractivity contribution in [3.63, 3.8) is 0 Å². The molecule has 2 heterocycles. The summed E-state index contributed by atoms with van der Waals surface area (Å²) in [6, 6.07) is 27.6. The van der Waals surface area contributed by atoms with E-state index < -0.39 is 11.9 Å². The molecule has 1 unspecified atom stereocenters. The van der Waals surface area contributed by atoms with Crippen LogP contribution < -0.4 is 15.5 Å². The summed E-state index contributed by atoms with van der Waals surface area (Å²) in [6.45, 7) is 0.308. The molecule has 4 aromatic carbocycles. The molecule has 1 atom stereocenters. The van der Waals surface area contributed by atoms with Crippen molar-refractivity contribution in [3.8, 4) is 0 Å². The molecule has 0 saturated carbocycles. The number of fused-ring (bicyclic) bond motifs is 3. The summed E-state index contributed by atoms with van der Waals surface area (Å²) in [7, 11) is 1.64. The monoisotopic (exact) mass is 545 g/mol. The summed E-state index contributed by atoms with van der Waals surface area (Å²) in [5.41, 5.74) is 6.31. The standard InChI is InChI=1S/C32H27N5O4/c1-37-28-16-20(12-15-23(28)25(17-29(38)39)22-6-2-3-7-24(22)31(37)41)30(40)33-18-19-10-13-21(14-11-19)34-32-35-26-8-4-5-9-27(26)36-32/h2-16,25H,17-18H2,1H3,(H,33,40)(H,38,39)(H2,34,35,36). The van der Waals surface area contributed by atoms with Crippen LogP contribution in [0.25, 0.3) is 11.0 Å². The largest absolute Gasteiger partial charge is 0.481 e. The van der Waals surface area contributed by atoms with E-state index in [1.807, 2.05) is 48.5 Å². The number of para-hydroxylation sites is 2. The van der Waals surface area contributed by atoms with E-state index in [0.717, 1.165) is 22.3 Å². The number of aromatic nitrogens is 2. The van der Waals surface area contributed by atoms with E-state index in [1.54, 1.807) is 49.5 Å². The number of carbonyl (C=O) groups is 3. The lowest BCUT2D eigenvalue weighted by atomic mass is 9.85. The maximum atomic E-state index is 13.3. The van der Waals surface area contributed by atoms with Gasteiger partial charge < -0.3 is 25.6 Å². The number of carbonyl (C=O) groups excluding carboxylic acids is 2. The number of imidazole rings is 1. The van der Waals surface area contributed by atoms with Crippen molar-refractivity contribution in [1.29, 1.82) is 0 Å². The molecular formula is C32H27N5O4. The van der Waals surface area contributed by atoms with Crippen LogP contribution in [0, 0.1) is 0 Å². The second-order valence-electron chi connectivity index (χ2n) is 9.98. The molecule has 0 aliphatic carbocycles. The zero-order valence-corrected chi connectivity index (χ0v) is 22.2. The van der Waals surface area contributed by atoms with Gasteiger partial charge in [-0.15, -0.1) is 0 Å². The maximum Gasteiger partial charge on any atom is 0.304 e. The van der Waals surface area contributed by atoms with E-state index in [-0.39, 0.29) is 18.2 Å². The number of amides is 2. The lowest BCUT2D eigenvalue weighted by Crippen LogP contribution is -2.27. The second-order valence-corrected chi connectivity index (χ2v) is 9.98. The Balaban J connectivity index is 1.17. The van der Waals surface area contributed by atoms with Crippen molar-refractivity contribution in [2.75, 3.05) is 17.3 Å². The van der Waals surface area contributed by atoms with Gasteiger partial charge in [-0.3, -0.25) is 14.4 Å². The van der Waals surface area contributed by atoms with Gasteiger partial charge in [0.2, 0.25) is 5.95 Å². The molecule has 1 aliphatic heterocycles. The van der Waals surface area contributed by atoms with Crippen LogP contribution in [0.1, 0.15) is 49.7 Å². The van der Waals surface area contributed by atoms with E-state index in [9.17, 15) is 19.5 Å². The Hall–Kier alpha value is -5.44. The van der Waals surface area contributed by atoms with Gasteiger partial charge in [0.05, 0.1) is 17.5 Å². The molecule has 0 spiro atoms. The van der Waals surface area contributed by atoms with Crippen molar-refractivity contribution in [2.24, 2.45) is 0 Å². The number of nitrogens with zero attached hydrogens (tertiary/aromatic N) is 2. The molecule has 4 N–H and O–H groups in total. The predicted octanol–water partition coefficient (Wildman–Crippen LogP) is 5.43. The van der Waals surface area contributed by atoms with Gasteiger partial charge in [-0.1, -0.05) is 48.5 Å². The van der Waals surface area contributed by atoms with E-state index >= 15 is 0 Å². The average molecular weight is 546 g/mol. The average Bonchev–Trinajstić information content (AvgIpc) is 3.37. The van der Waals surface area contributed by atoms with Gasteiger partial charge in [-0.25, -0.2) is 4.98 Å². The third kappa shape index (κ3) is 5.12. The smallest absolute Gasteiger partial charge is 0.304 e. The van der Waals surface area contributed by atoms with Crippen LogP contribution in [0.2, 0.25) is 0 Å². The number of carboxylic acid groups (broad SMARTS) is 1. The first-order valence-electron chi connectivity index (χ1n) is 13.2. The molecule has 0 bridgehead atoms. The van der Waals surface area contributed by atoms with Gasteiger partial charge >= 0.3 is 5.97 Å². The van der Waals surface area contributed by atoms with E-state index in [0.29, 0.717) is 40.4 Å². The first-order valence-corrected chi connectivity index (χ1v) is 13.2. The third-order valence-corrected chi connectivity index (χ3v) is 7.34. The number of rotatable bonds is 7. The Labute approximate surface area is 235 Å². The lowest BCUT2D eigenvalue weighted by Gasteiger charge is -2.21. The number of H-pyrrole nitrogens is 1. The van der Waals surface area contributed by atoms with Gasteiger partial charge in [0.1, 0.15) is 0 Å². The Morgan fingerprint density at radius 1 is 0.951 bits per heavy atom. The van der Waals surface area contributed by atoms with E-state index in [4.69, 9.17) is 0 Å². The summed E-state index contributed by atoms with van der Waals surface area (Å²) < 4.78 is 0. The molecular weight excluding hydrogens is 518 g/mol. The molecule has 5 aromatic rings. The Morgan fingerprint density at radius 3 is 2.49 bits per heavy atom.